The SMILES string of the molecule is CC1=Nc2c(C)c(O)c(O)c(C)c2C1. The number of hydrogen-bond acceptors (Lipinski definition) is 3. The van der Waals surface area contributed by atoms with Gasteiger partial charge >= 0.3 is 0 Å². The molecule has 1 aliphatic rings. The maximum atomic E-state index is 9.64. The van der Waals surface area contributed by atoms with Gasteiger partial charge in [-0.15, -0.1) is 0 Å². The van der Waals surface area contributed by atoms with Gasteiger partial charge in [0, 0.05) is 23.3 Å². The molecule has 0 atom stereocenters. The molecule has 0 amide bonds. The van der Waals surface area contributed by atoms with Crippen molar-refractivity contribution in [3.63, 3.8) is 0 Å². The first-order chi connectivity index (χ1) is 6.52. The molecule has 0 fully saturated rings. The molecule has 1 aliphatic heterocycles. The summed E-state index contributed by atoms with van der Waals surface area (Å²) in [6, 6.07) is 0. The van der Waals surface area contributed by atoms with Crippen LogP contribution in [-0.2, 0) is 6.42 Å². The van der Waals surface area contributed by atoms with Gasteiger partial charge in [0.25, 0.3) is 0 Å². The molecule has 1 aromatic carbocycles. The van der Waals surface area contributed by atoms with E-state index < -0.39 is 0 Å². The summed E-state index contributed by atoms with van der Waals surface area (Å²) in [4.78, 5) is 4.36. The van der Waals surface area contributed by atoms with E-state index in [2.05, 4.69) is 4.99 Å². The van der Waals surface area contributed by atoms with E-state index in [1.54, 1.807) is 13.8 Å². The van der Waals surface area contributed by atoms with E-state index in [1.807, 2.05) is 6.92 Å². The van der Waals surface area contributed by atoms with Crippen LogP contribution in [0.4, 0.5) is 5.69 Å². The smallest absolute Gasteiger partial charge is 0.162 e. The molecule has 0 aliphatic carbocycles. The summed E-state index contributed by atoms with van der Waals surface area (Å²) in [6.07, 6.45) is 0.774. The van der Waals surface area contributed by atoms with Gasteiger partial charge in [0.05, 0.1) is 5.69 Å². The number of fused-ring (bicyclic) bond motifs is 1. The van der Waals surface area contributed by atoms with E-state index in [4.69, 9.17) is 0 Å². The van der Waals surface area contributed by atoms with Gasteiger partial charge in [0.2, 0.25) is 0 Å². The fraction of sp³-hybridized carbons (Fsp3) is 0.364. The summed E-state index contributed by atoms with van der Waals surface area (Å²) in [5.41, 5.74) is 4.30. The van der Waals surface area contributed by atoms with Crippen molar-refractivity contribution in [1.29, 1.82) is 0 Å². The lowest BCUT2D eigenvalue weighted by molar-refractivity contribution is 0.398. The number of aromatic hydroxyl groups is 2. The maximum absolute atomic E-state index is 9.64. The first-order valence-electron chi connectivity index (χ1n) is 4.60. The highest BCUT2D eigenvalue weighted by Crippen LogP contribution is 2.44. The van der Waals surface area contributed by atoms with Crippen molar-refractivity contribution in [3.05, 3.63) is 16.7 Å². The Kier molecular flexibility index (Phi) is 1.77. The van der Waals surface area contributed by atoms with E-state index >= 15 is 0 Å². The zero-order valence-corrected chi connectivity index (χ0v) is 8.55. The van der Waals surface area contributed by atoms with Crippen molar-refractivity contribution in [3.8, 4) is 11.5 Å². The molecule has 0 saturated heterocycles. The number of hydrogen-bond donors (Lipinski definition) is 2. The highest BCUT2D eigenvalue weighted by molar-refractivity contribution is 5.94. The summed E-state index contributed by atoms with van der Waals surface area (Å²) >= 11 is 0. The van der Waals surface area contributed by atoms with Gasteiger partial charge in [-0.1, -0.05) is 0 Å². The first kappa shape index (κ1) is 9.06. The minimum atomic E-state index is -0.0419. The van der Waals surface area contributed by atoms with Crippen LogP contribution in [0.15, 0.2) is 4.99 Å². The van der Waals surface area contributed by atoms with Crippen LogP contribution < -0.4 is 0 Å². The molecule has 0 aromatic heterocycles. The second-order valence-corrected chi connectivity index (χ2v) is 3.80. The number of phenols is 2. The van der Waals surface area contributed by atoms with Crippen LogP contribution in [0.5, 0.6) is 11.5 Å². The van der Waals surface area contributed by atoms with E-state index in [0.29, 0.717) is 5.56 Å². The normalized spacial score (nSPS) is 14.1. The topological polar surface area (TPSA) is 52.8 Å². The van der Waals surface area contributed by atoms with Crippen LogP contribution in [0, 0.1) is 13.8 Å². The van der Waals surface area contributed by atoms with E-state index in [1.165, 1.54) is 0 Å². The van der Waals surface area contributed by atoms with Crippen molar-refractivity contribution >= 4 is 11.4 Å². The van der Waals surface area contributed by atoms with Crippen molar-refractivity contribution in [1.82, 2.24) is 0 Å². The minimum absolute atomic E-state index is 0.00819. The van der Waals surface area contributed by atoms with Gasteiger partial charge in [0.1, 0.15) is 0 Å². The van der Waals surface area contributed by atoms with Gasteiger partial charge in [-0.05, 0) is 26.3 Å². The van der Waals surface area contributed by atoms with E-state index in [9.17, 15) is 10.2 Å². The Balaban J connectivity index is 2.78. The molecule has 0 radical (unpaired) electrons. The van der Waals surface area contributed by atoms with Crippen molar-refractivity contribution in [2.75, 3.05) is 0 Å². The van der Waals surface area contributed by atoms with Crippen LogP contribution in [0.2, 0.25) is 0 Å². The van der Waals surface area contributed by atoms with Gasteiger partial charge < -0.3 is 10.2 Å². The Hall–Kier alpha value is -1.51. The van der Waals surface area contributed by atoms with Crippen LogP contribution in [-0.4, -0.2) is 15.9 Å². The Labute approximate surface area is 82.7 Å². The molecule has 0 unspecified atom stereocenters. The maximum Gasteiger partial charge on any atom is 0.162 e. The van der Waals surface area contributed by atoms with Crippen LogP contribution in [0.25, 0.3) is 0 Å². The van der Waals surface area contributed by atoms with Crippen molar-refractivity contribution in [2.24, 2.45) is 4.99 Å². The predicted octanol–water partition coefficient (Wildman–Crippen LogP) is 2.36. The first-order valence-corrected chi connectivity index (χ1v) is 4.60. The van der Waals surface area contributed by atoms with E-state index in [0.717, 1.165) is 28.9 Å². The van der Waals surface area contributed by atoms with Gasteiger partial charge in [-0.3, -0.25) is 4.99 Å². The number of nitrogens with zero attached hydrogens (tertiary/aromatic N) is 1. The Morgan fingerprint density at radius 1 is 1.00 bits per heavy atom. The number of aliphatic imine (C=N–C) groups is 1. The average molecular weight is 191 g/mol. The standard InChI is InChI=1S/C11H13NO2/c1-5-4-8-6(2)10(13)11(14)7(3)9(8)12-5/h13-14H,4H2,1-3H3. The molecule has 1 aromatic rings. The molecule has 2 N–H and O–H groups in total. The molecule has 3 nitrogen and oxygen atoms in total. The summed E-state index contributed by atoms with van der Waals surface area (Å²) in [5, 5.41) is 19.3. The number of phenolic OH excluding ortho intramolecular Hbond substituents is 2. The van der Waals surface area contributed by atoms with E-state index in [-0.39, 0.29) is 11.5 Å². The Bertz CT molecular complexity index is 447. The third-order valence-corrected chi connectivity index (χ3v) is 2.76. The van der Waals surface area contributed by atoms with Crippen molar-refractivity contribution < 1.29 is 10.2 Å². The summed E-state index contributed by atoms with van der Waals surface area (Å²) in [5.74, 6) is -0.0501. The minimum Gasteiger partial charge on any atom is -0.504 e. The molecular weight excluding hydrogens is 178 g/mol. The Morgan fingerprint density at radius 3 is 2.21 bits per heavy atom. The molecule has 1 heterocycles. The quantitative estimate of drug-likeness (QED) is 0.618. The Morgan fingerprint density at radius 2 is 1.57 bits per heavy atom. The average Bonchev–Trinajstić information content (AvgIpc) is 2.54. The lowest BCUT2D eigenvalue weighted by Crippen LogP contribution is -1.93. The molecule has 2 rings (SSSR count). The second-order valence-electron chi connectivity index (χ2n) is 3.80. The lowest BCUT2D eigenvalue weighted by atomic mass is 9.99. The lowest BCUT2D eigenvalue weighted by Gasteiger charge is -2.10. The third-order valence-electron chi connectivity index (χ3n) is 2.76. The van der Waals surface area contributed by atoms with Gasteiger partial charge in [-0.25, -0.2) is 0 Å². The molecule has 74 valence electrons. The molecule has 14 heavy (non-hydrogen) atoms. The van der Waals surface area contributed by atoms with Crippen LogP contribution >= 0.6 is 0 Å². The number of benzene rings is 1. The highest BCUT2D eigenvalue weighted by atomic mass is 16.3. The zero-order valence-electron chi connectivity index (χ0n) is 8.55. The fourth-order valence-corrected chi connectivity index (χ4v) is 1.87. The van der Waals surface area contributed by atoms with Crippen LogP contribution in [0.3, 0.4) is 0 Å². The summed E-state index contributed by atoms with van der Waals surface area (Å²) in [7, 11) is 0. The number of rotatable bonds is 0. The molecule has 3 heteroatoms. The van der Waals surface area contributed by atoms with Gasteiger partial charge in [0.15, 0.2) is 11.5 Å². The predicted molar refractivity (Wildman–Crippen MR) is 55.7 cm³/mol. The second kappa shape index (κ2) is 2.74. The largest absolute Gasteiger partial charge is 0.504 e. The summed E-state index contributed by atoms with van der Waals surface area (Å²) < 4.78 is 0. The van der Waals surface area contributed by atoms with Crippen LogP contribution in [0.1, 0.15) is 23.6 Å². The zero-order chi connectivity index (χ0) is 10.5. The molecule has 0 saturated carbocycles. The molecule has 0 bridgehead atoms. The highest BCUT2D eigenvalue weighted by Gasteiger charge is 2.22. The van der Waals surface area contributed by atoms with Gasteiger partial charge in [-0.2, -0.15) is 0 Å². The monoisotopic (exact) mass is 191 g/mol. The molecule has 0 spiro atoms. The summed E-state index contributed by atoms with van der Waals surface area (Å²) in [6.45, 7) is 5.53. The molecular formula is C11H13NO2. The fourth-order valence-electron chi connectivity index (χ4n) is 1.87. The third kappa shape index (κ3) is 1.02. The van der Waals surface area contributed by atoms with Crippen molar-refractivity contribution in [2.45, 2.75) is 27.2 Å².